The predicted octanol–water partition coefficient (Wildman–Crippen LogP) is 3.32. The first-order valence-corrected chi connectivity index (χ1v) is 9.66. The lowest BCUT2D eigenvalue weighted by molar-refractivity contribution is -0.131. The van der Waals surface area contributed by atoms with Crippen LogP contribution in [0.2, 0.25) is 0 Å². The van der Waals surface area contributed by atoms with Crippen LogP contribution in [0.25, 0.3) is 0 Å². The quantitative estimate of drug-likeness (QED) is 0.832. The third-order valence-electron chi connectivity index (χ3n) is 4.11. The van der Waals surface area contributed by atoms with Crippen LogP contribution in [0.1, 0.15) is 18.7 Å². The van der Waals surface area contributed by atoms with Crippen LogP contribution in [-0.4, -0.2) is 29.7 Å². The normalized spacial score (nSPS) is 19.9. The Kier molecular flexibility index (Phi) is 4.96. The van der Waals surface area contributed by atoms with Crippen molar-refractivity contribution < 1.29 is 9.59 Å². The van der Waals surface area contributed by atoms with E-state index in [0.29, 0.717) is 13.1 Å². The Bertz CT molecular complexity index is 745. The van der Waals surface area contributed by atoms with Crippen LogP contribution in [0.5, 0.6) is 0 Å². The second kappa shape index (κ2) is 6.99. The van der Waals surface area contributed by atoms with Gasteiger partial charge in [0.1, 0.15) is 0 Å². The molecule has 1 atom stereocenters. The number of nitrogens with one attached hydrogen (secondary N) is 1. The van der Waals surface area contributed by atoms with Crippen molar-refractivity contribution in [3.8, 4) is 0 Å². The molecule has 1 aliphatic heterocycles. The molecule has 0 saturated carbocycles. The number of fused-ring (bicyclic) bond motifs is 1. The highest BCUT2D eigenvalue weighted by atomic mass is 32.2. The lowest BCUT2D eigenvalue weighted by atomic mass is 10.1. The van der Waals surface area contributed by atoms with Gasteiger partial charge in [0, 0.05) is 22.9 Å². The van der Waals surface area contributed by atoms with Gasteiger partial charge in [-0.25, -0.2) is 0 Å². The number of para-hydroxylation sites is 1. The molecular weight excluding hydrogens is 340 g/mol. The topological polar surface area (TPSA) is 49.4 Å². The fourth-order valence-electron chi connectivity index (χ4n) is 2.78. The number of benzene rings is 1. The van der Waals surface area contributed by atoms with Gasteiger partial charge in [-0.15, -0.1) is 11.3 Å². The zero-order valence-corrected chi connectivity index (χ0v) is 15.4. The van der Waals surface area contributed by atoms with Crippen LogP contribution in [0, 0.1) is 0 Å². The van der Waals surface area contributed by atoms with Gasteiger partial charge < -0.3 is 10.2 Å². The maximum absolute atomic E-state index is 12.9. The molecule has 2 amide bonds. The van der Waals surface area contributed by atoms with E-state index in [0.717, 1.165) is 17.0 Å². The summed E-state index contributed by atoms with van der Waals surface area (Å²) in [6.45, 7) is 4.74. The van der Waals surface area contributed by atoms with Gasteiger partial charge in [0.05, 0.1) is 5.69 Å². The number of hydrogen-bond acceptors (Lipinski definition) is 4. The molecule has 2 aromatic rings. The average Bonchev–Trinajstić information content (AvgIpc) is 3.09. The summed E-state index contributed by atoms with van der Waals surface area (Å²) in [5.41, 5.74) is 0.888. The van der Waals surface area contributed by atoms with Crippen molar-refractivity contribution in [2.75, 3.05) is 18.0 Å². The van der Waals surface area contributed by atoms with Gasteiger partial charge in [0.15, 0.2) is 4.75 Å². The summed E-state index contributed by atoms with van der Waals surface area (Å²) >= 11 is 3.01. The average molecular weight is 361 g/mol. The molecule has 126 valence electrons. The minimum atomic E-state index is -1.13. The second-order valence-electron chi connectivity index (χ2n) is 5.74. The molecule has 1 aromatic carbocycles. The number of rotatable bonds is 5. The molecule has 0 radical (unpaired) electrons. The standard InChI is InChI=1S/C18H20N2O2S2/c1-3-20-14-8-4-5-9-15(14)24-18(2,17(20)22)16(21)19-11-10-13-7-6-12-23-13/h4-9,12H,3,10-11H2,1-2H3,(H,19,21). The molecule has 0 bridgehead atoms. The molecule has 3 rings (SSSR count). The van der Waals surface area contributed by atoms with Crippen LogP contribution in [-0.2, 0) is 16.0 Å². The van der Waals surface area contributed by atoms with E-state index in [4.69, 9.17) is 0 Å². The van der Waals surface area contributed by atoms with Crippen molar-refractivity contribution in [3.63, 3.8) is 0 Å². The molecule has 4 nitrogen and oxygen atoms in total. The van der Waals surface area contributed by atoms with Gasteiger partial charge in [-0.1, -0.05) is 30.0 Å². The smallest absolute Gasteiger partial charge is 0.252 e. The first kappa shape index (κ1) is 17.0. The summed E-state index contributed by atoms with van der Waals surface area (Å²) in [6, 6.07) is 11.8. The molecule has 2 heterocycles. The summed E-state index contributed by atoms with van der Waals surface area (Å²) < 4.78 is -1.13. The van der Waals surface area contributed by atoms with Gasteiger partial charge in [0.2, 0.25) is 5.91 Å². The molecular formula is C18H20N2O2S2. The number of hydrogen-bond donors (Lipinski definition) is 1. The number of carbonyl (C=O) groups excluding carboxylic acids is 2. The van der Waals surface area contributed by atoms with E-state index in [1.807, 2.05) is 48.7 Å². The second-order valence-corrected chi connectivity index (χ2v) is 8.23. The highest BCUT2D eigenvalue weighted by Gasteiger charge is 2.48. The monoisotopic (exact) mass is 360 g/mol. The lowest BCUT2D eigenvalue weighted by Crippen LogP contribution is -2.56. The molecule has 0 aliphatic carbocycles. The largest absolute Gasteiger partial charge is 0.354 e. The lowest BCUT2D eigenvalue weighted by Gasteiger charge is -2.38. The Balaban J connectivity index is 1.76. The third-order valence-corrected chi connectivity index (χ3v) is 6.38. The molecule has 0 fully saturated rings. The number of thioether (sulfide) groups is 1. The van der Waals surface area contributed by atoms with Crippen molar-refractivity contribution in [1.29, 1.82) is 0 Å². The molecule has 0 spiro atoms. The van der Waals surface area contributed by atoms with Crippen LogP contribution in [0.15, 0.2) is 46.7 Å². The zero-order valence-electron chi connectivity index (χ0n) is 13.7. The summed E-state index contributed by atoms with van der Waals surface area (Å²) in [4.78, 5) is 29.6. The van der Waals surface area contributed by atoms with Crippen molar-refractivity contribution in [1.82, 2.24) is 5.32 Å². The van der Waals surface area contributed by atoms with Gasteiger partial charge in [-0.2, -0.15) is 0 Å². The Hall–Kier alpha value is -1.79. The number of nitrogens with zero attached hydrogens (tertiary/aromatic N) is 1. The van der Waals surface area contributed by atoms with Crippen molar-refractivity contribution >= 4 is 40.6 Å². The summed E-state index contributed by atoms with van der Waals surface area (Å²) in [5, 5.41) is 4.96. The third kappa shape index (κ3) is 3.08. The fraction of sp³-hybridized carbons (Fsp3) is 0.333. The van der Waals surface area contributed by atoms with Gasteiger partial charge in [-0.05, 0) is 43.8 Å². The molecule has 1 N–H and O–H groups in total. The zero-order chi connectivity index (χ0) is 17.2. The molecule has 0 saturated heterocycles. The number of carbonyl (C=O) groups is 2. The maximum Gasteiger partial charge on any atom is 0.252 e. The van der Waals surface area contributed by atoms with E-state index in [1.165, 1.54) is 16.6 Å². The Morgan fingerprint density at radius 3 is 2.75 bits per heavy atom. The minimum absolute atomic E-state index is 0.151. The van der Waals surface area contributed by atoms with E-state index >= 15 is 0 Å². The summed E-state index contributed by atoms with van der Waals surface area (Å²) in [5.74, 6) is -0.371. The minimum Gasteiger partial charge on any atom is -0.354 e. The van der Waals surface area contributed by atoms with Crippen LogP contribution >= 0.6 is 23.1 Å². The Morgan fingerprint density at radius 1 is 1.25 bits per heavy atom. The SMILES string of the molecule is CCN1C(=O)C(C)(C(=O)NCCc2cccs2)Sc2ccccc21. The molecule has 24 heavy (non-hydrogen) atoms. The summed E-state index contributed by atoms with van der Waals surface area (Å²) in [7, 11) is 0. The van der Waals surface area contributed by atoms with E-state index in [-0.39, 0.29) is 11.8 Å². The number of anilines is 1. The fourth-order valence-corrected chi connectivity index (χ4v) is 4.72. The van der Waals surface area contributed by atoms with Crippen molar-refractivity contribution in [3.05, 3.63) is 46.7 Å². The van der Waals surface area contributed by atoms with Crippen molar-refractivity contribution in [2.45, 2.75) is 29.9 Å². The predicted molar refractivity (Wildman–Crippen MR) is 99.8 cm³/mol. The van der Waals surface area contributed by atoms with E-state index < -0.39 is 4.75 Å². The van der Waals surface area contributed by atoms with Gasteiger partial charge in [-0.3, -0.25) is 9.59 Å². The van der Waals surface area contributed by atoms with Crippen LogP contribution in [0.4, 0.5) is 5.69 Å². The summed E-state index contributed by atoms with van der Waals surface area (Å²) in [6.07, 6.45) is 0.784. The van der Waals surface area contributed by atoms with Gasteiger partial charge in [0.25, 0.3) is 5.91 Å². The van der Waals surface area contributed by atoms with Gasteiger partial charge >= 0.3 is 0 Å². The van der Waals surface area contributed by atoms with E-state index in [2.05, 4.69) is 5.32 Å². The van der Waals surface area contributed by atoms with Crippen molar-refractivity contribution in [2.24, 2.45) is 0 Å². The highest BCUT2D eigenvalue weighted by Crippen LogP contribution is 2.45. The molecule has 6 heteroatoms. The van der Waals surface area contributed by atoms with Crippen LogP contribution in [0.3, 0.4) is 0 Å². The van der Waals surface area contributed by atoms with E-state index in [9.17, 15) is 9.59 Å². The number of thiophene rings is 1. The first-order valence-electron chi connectivity index (χ1n) is 7.97. The Morgan fingerprint density at radius 2 is 2.04 bits per heavy atom. The number of amides is 2. The maximum atomic E-state index is 12.9. The molecule has 1 aromatic heterocycles. The molecule has 1 aliphatic rings. The highest BCUT2D eigenvalue weighted by molar-refractivity contribution is 8.02. The van der Waals surface area contributed by atoms with E-state index in [1.54, 1.807) is 23.2 Å². The Labute approximate surface area is 150 Å². The molecule has 1 unspecified atom stereocenters. The first-order chi connectivity index (χ1) is 11.6. The van der Waals surface area contributed by atoms with Crippen LogP contribution < -0.4 is 10.2 Å².